The lowest BCUT2D eigenvalue weighted by Gasteiger charge is -2.18. The van der Waals surface area contributed by atoms with E-state index in [-0.39, 0.29) is 49.2 Å². The predicted molar refractivity (Wildman–Crippen MR) is 134 cm³/mol. The van der Waals surface area contributed by atoms with E-state index >= 15 is 0 Å². The third kappa shape index (κ3) is 6.57. The van der Waals surface area contributed by atoms with Crippen LogP contribution in [0, 0.1) is 10.1 Å². The van der Waals surface area contributed by atoms with E-state index in [1.165, 1.54) is 19.5 Å². The van der Waals surface area contributed by atoms with E-state index in [4.69, 9.17) is 40.3 Å². The highest BCUT2D eigenvalue weighted by atomic mass is 35.5. The summed E-state index contributed by atoms with van der Waals surface area (Å²) < 4.78 is 41.9. The molecule has 38 heavy (non-hydrogen) atoms. The Morgan fingerprint density at radius 2 is 2.05 bits per heavy atom. The van der Waals surface area contributed by atoms with Crippen LogP contribution in [0.4, 0.5) is 11.8 Å². The Morgan fingerprint density at radius 1 is 1.26 bits per heavy atom. The van der Waals surface area contributed by atoms with E-state index in [1.807, 2.05) is 0 Å². The zero-order valence-corrected chi connectivity index (χ0v) is 21.5. The second-order valence-electron chi connectivity index (χ2n) is 7.72. The first kappa shape index (κ1) is 27.3. The Morgan fingerprint density at radius 3 is 2.76 bits per heavy atom. The minimum absolute atomic E-state index is 0.0249. The molecular formula is C21H22ClN6O9P. The summed E-state index contributed by atoms with van der Waals surface area (Å²) in [5.74, 6) is -0.00738. The van der Waals surface area contributed by atoms with Gasteiger partial charge in [-0.1, -0.05) is 17.7 Å². The number of rotatable bonds is 13. The minimum Gasteiger partial charge on any atom is -0.495 e. The molecule has 0 saturated carbocycles. The second-order valence-corrected chi connectivity index (χ2v) is 10.1. The van der Waals surface area contributed by atoms with Gasteiger partial charge < -0.3 is 28.7 Å². The molecule has 1 atom stereocenters. The fourth-order valence-electron chi connectivity index (χ4n) is 3.26. The Labute approximate surface area is 219 Å². The number of nitrogen functional groups attached to an aromatic ring is 1. The van der Waals surface area contributed by atoms with E-state index in [9.17, 15) is 19.5 Å². The Balaban J connectivity index is 1.41. The number of nitro groups is 1. The average molecular weight is 569 g/mol. The molecule has 0 amide bonds. The van der Waals surface area contributed by atoms with Gasteiger partial charge in [0.2, 0.25) is 5.95 Å². The molecule has 3 N–H and O–H groups in total. The lowest BCUT2D eigenvalue weighted by atomic mass is 10.2. The van der Waals surface area contributed by atoms with Crippen molar-refractivity contribution in [1.29, 1.82) is 0 Å². The van der Waals surface area contributed by atoms with Crippen LogP contribution in [0.15, 0.2) is 45.9 Å². The maximum absolute atomic E-state index is 13.5. The summed E-state index contributed by atoms with van der Waals surface area (Å²) in [7, 11) is -2.43. The van der Waals surface area contributed by atoms with Gasteiger partial charge in [0.25, 0.3) is 5.56 Å². The van der Waals surface area contributed by atoms with Crippen LogP contribution in [-0.2, 0) is 38.1 Å². The zero-order valence-electron chi connectivity index (χ0n) is 19.9. The molecule has 0 aliphatic rings. The van der Waals surface area contributed by atoms with Gasteiger partial charge >= 0.3 is 13.5 Å². The number of benzene rings is 1. The number of aromatic amines is 1. The first-order valence-electron chi connectivity index (χ1n) is 10.9. The largest absolute Gasteiger partial charge is 0.495 e. The number of furan rings is 1. The smallest absolute Gasteiger partial charge is 0.433 e. The molecule has 202 valence electrons. The number of halogens is 1. The van der Waals surface area contributed by atoms with Crippen molar-refractivity contribution in [2.75, 3.05) is 25.8 Å². The number of aromatic nitrogens is 4. The molecule has 3 heterocycles. The summed E-state index contributed by atoms with van der Waals surface area (Å²) in [5, 5.41) is 11.2. The van der Waals surface area contributed by atoms with Gasteiger partial charge in [-0.05, 0) is 23.8 Å². The molecule has 0 spiro atoms. The first-order valence-corrected chi connectivity index (χ1v) is 13.0. The zero-order chi connectivity index (χ0) is 27.3. The standard InChI is InChI=1S/C21H22ClN6O9P/c1-33-16-4-2-13(8-15(16)22)9-35-38(32,36-10-14-3-5-17(37-14)28(30)31)12-34-7-6-27-11-24-18-19(27)25-21(23)26-20(18)29/h2-5,8,11H,6-7,9-10,12H2,1H3,(H3,23,25,26,29). The number of hydrogen-bond donors (Lipinski definition) is 2. The molecule has 1 aromatic carbocycles. The third-order valence-electron chi connectivity index (χ3n) is 5.09. The van der Waals surface area contributed by atoms with Crippen molar-refractivity contribution < 1.29 is 32.4 Å². The highest BCUT2D eigenvalue weighted by Gasteiger charge is 2.27. The van der Waals surface area contributed by atoms with Gasteiger partial charge in [-0.3, -0.25) is 29.0 Å². The van der Waals surface area contributed by atoms with Gasteiger partial charge in [0.15, 0.2) is 11.2 Å². The molecule has 0 aliphatic carbocycles. The molecular weight excluding hydrogens is 547 g/mol. The maximum Gasteiger partial charge on any atom is 0.433 e. The van der Waals surface area contributed by atoms with E-state index in [0.717, 1.165) is 6.07 Å². The van der Waals surface area contributed by atoms with Gasteiger partial charge in [0, 0.05) is 6.54 Å². The Kier molecular flexibility index (Phi) is 8.44. The quantitative estimate of drug-likeness (QED) is 0.103. The van der Waals surface area contributed by atoms with Gasteiger partial charge in [0.1, 0.15) is 29.4 Å². The molecule has 3 aromatic heterocycles. The number of H-pyrrole nitrogens is 1. The Hall–Kier alpha value is -3.75. The fraction of sp³-hybridized carbons (Fsp3) is 0.286. The van der Waals surface area contributed by atoms with Crippen LogP contribution in [0.25, 0.3) is 11.2 Å². The lowest BCUT2D eigenvalue weighted by Crippen LogP contribution is -2.13. The summed E-state index contributed by atoms with van der Waals surface area (Å²) in [5.41, 5.74) is 6.09. The topological polar surface area (TPSA) is 200 Å². The summed E-state index contributed by atoms with van der Waals surface area (Å²) in [6.07, 6.45) is 0.946. The van der Waals surface area contributed by atoms with Crippen LogP contribution >= 0.6 is 19.2 Å². The molecule has 0 bridgehead atoms. The van der Waals surface area contributed by atoms with Gasteiger partial charge in [-0.2, -0.15) is 4.98 Å². The fourth-order valence-corrected chi connectivity index (χ4v) is 4.79. The van der Waals surface area contributed by atoms with E-state index in [1.54, 1.807) is 22.8 Å². The monoisotopic (exact) mass is 568 g/mol. The number of nitrogens with two attached hydrogens (primary N) is 1. The lowest BCUT2D eigenvalue weighted by molar-refractivity contribution is -0.402. The van der Waals surface area contributed by atoms with Crippen molar-refractivity contribution in [3.05, 3.63) is 73.5 Å². The molecule has 17 heteroatoms. The highest BCUT2D eigenvalue weighted by Crippen LogP contribution is 2.50. The average Bonchev–Trinajstić information content (AvgIpc) is 3.52. The van der Waals surface area contributed by atoms with Crippen LogP contribution in [0.3, 0.4) is 0 Å². The van der Waals surface area contributed by atoms with E-state index in [2.05, 4.69) is 15.0 Å². The van der Waals surface area contributed by atoms with Crippen LogP contribution < -0.4 is 16.0 Å². The van der Waals surface area contributed by atoms with Crippen LogP contribution in [0.2, 0.25) is 5.02 Å². The van der Waals surface area contributed by atoms with Gasteiger partial charge in [0.05, 0.1) is 37.7 Å². The molecule has 0 radical (unpaired) electrons. The minimum atomic E-state index is -3.91. The van der Waals surface area contributed by atoms with Crippen molar-refractivity contribution in [2.24, 2.45) is 0 Å². The summed E-state index contributed by atoms with van der Waals surface area (Å²) in [6.45, 7) is -0.279. The Bertz CT molecular complexity index is 1550. The van der Waals surface area contributed by atoms with E-state index in [0.29, 0.717) is 16.3 Å². The van der Waals surface area contributed by atoms with Crippen LogP contribution in [-0.4, -0.2) is 44.5 Å². The molecule has 0 saturated heterocycles. The maximum atomic E-state index is 13.5. The number of methoxy groups -OCH3 is 1. The molecule has 0 aliphatic heterocycles. The van der Waals surface area contributed by atoms with Crippen molar-refractivity contribution >= 4 is 42.2 Å². The van der Waals surface area contributed by atoms with E-state index < -0.39 is 30.3 Å². The van der Waals surface area contributed by atoms with Crippen LogP contribution in [0.5, 0.6) is 5.75 Å². The number of ether oxygens (including phenoxy) is 2. The van der Waals surface area contributed by atoms with Crippen molar-refractivity contribution in [3.63, 3.8) is 0 Å². The van der Waals surface area contributed by atoms with Crippen molar-refractivity contribution in [1.82, 2.24) is 19.5 Å². The number of fused-ring (bicyclic) bond motifs is 1. The third-order valence-corrected chi connectivity index (χ3v) is 6.93. The normalized spacial score (nSPS) is 13.0. The summed E-state index contributed by atoms with van der Waals surface area (Å²) >= 11 is 6.15. The first-order chi connectivity index (χ1) is 18.2. The SMILES string of the molecule is COc1ccc(COP(=O)(COCCn2cnc3c(=O)[nH]c(N)nc32)OCc2ccc([N+](=O)[O-])o2)cc1Cl. The second kappa shape index (κ2) is 11.8. The summed E-state index contributed by atoms with van der Waals surface area (Å²) in [6, 6.07) is 7.38. The van der Waals surface area contributed by atoms with Gasteiger partial charge in [-0.25, -0.2) is 4.98 Å². The number of imidazole rings is 1. The van der Waals surface area contributed by atoms with Crippen LogP contribution in [0.1, 0.15) is 11.3 Å². The highest BCUT2D eigenvalue weighted by molar-refractivity contribution is 7.53. The molecule has 0 fully saturated rings. The molecule has 15 nitrogen and oxygen atoms in total. The number of anilines is 1. The number of nitrogens with zero attached hydrogens (tertiary/aromatic N) is 4. The molecule has 1 unspecified atom stereocenters. The van der Waals surface area contributed by atoms with Crippen molar-refractivity contribution in [2.45, 2.75) is 19.8 Å². The molecule has 4 rings (SSSR count). The van der Waals surface area contributed by atoms with Gasteiger partial charge in [-0.15, -0.1) is 0 Å². The number of nitrogens with one attached hydrogen (secondary N) is 1. The number of hydrogen-bond acceptors (Lipinski definition) is 12. The molecule has 4 aromatic rings. The predicted octanol–water partition coefficient (Wildman–Crippen LogP) is 3.47. The van der Waals surface area contributed by atoms with Crippen molar-refractivity contribution in [3.8, 4) is 5.75 Å². The summed E-state index contributed by atoms with van der Waals surface area (Å²) in [4.78, 5) is 32.5.